The van der Waals surface area contributed by atoms with Crippen LogP contribution < -0.4 is 14.8 Å². The van der Waals surface area contributed by atoms with Crippen LogP contribution in [0, 0.1) is 30.9 Å². The fourth-order valence-electron chi connectivity index (χ4n) is 3.42. The Morgan fingerprint density at radius 1 is 1.03 bits per heavy atom. The van der Waals surface area contributed by atoms with Crippen LogP contribution in [0.2, 0.25) is 5.02 Å². The van der Waals surface area contributed by atoms with Gasteiger partial charge >= 0.3 is 0 Å². The number of nitro groups is 1. The largest absolute Gasteiger partial charge is 0.471 e. The third-order valence-electron chi connectivity index (χ3n) is 5.29. The van der Waals surface area contributed by atoms with Crippen molar-refractivity contribution in [2.75, 3.05) is 5.32 Å². The molecular formula is C26H23ClN4O5. The zero-order chi connectivity index (χ0) is 25.8. The van der Waals surface area contributed by atoms with E-state index in [4.69, 9.17) is 21.1 Å². The molecule has 9 nitrogen and oxygen atoms in total. The average Bonchev–Trinajstić information content (AvgIpc) is 3.30. The number of nitro benzene ring substituents is 1. The van der Waals surface area contributed by atoms with Gasteiger partial charge in [0.25, 0.3) is 11.6 Å². The molecule has 1 amide bonds. The molecule has 0 saturated carbocycles. The van der Waals surface area contributed by atoms with Crippen molar-refractivity contribution in [2.45, 2.75) is 27.5 Å². The monoisotopic (exact) mass is 506 g/mol. The number of carbonyl (C=O) groups is 1. The summed E-state index contributed by atoms with van der Waals surface area (Å²) >= 11 is 5.97. The molecule has 1 aromatic heterocycles. The zero-order valence-electron chi connectivity index (χ0n) is 19.8. The first-order chi connectivity index (χ1) is 17.2. The summed E-state index contributed by atoms with van der Waals surface area (Å²) in [5.41, 5.74) is 2.84. The number of nitrogens with zero attached hydrogens (tertiary/aromatic N) is 3. The fourth-order valence-corrected chi connectivity index (χ4v) is 3.65. The number of halogens is 1. The van der Waals surface area contributed by atoms with Crippen molar-refractivity contribution in [3.8, 4) is 17.2 Å². The Kier molecular flexibility index (Phi) is 7.21. The number of non-ortho nitro benzene ring substituents is 1. The lowest BCUT2D eigenvalue weighted by atomic mass is 10.1. The van der Waals surface area contributed by atoms with Gasteiger partial charge in [-0.25, -0.2) is 4.68 Å². The second-order valence-electron chi connectivity index (χ2n) is 8.22. The molecule has 4 rings (SSSR count). The minimum absolute atomic E-state index is 0.0837. The Labute approximate surface area is 212 Å². The van der Waals surface area contributed by atoms with Crippen molar-refractivity contribution < 1.29 is 19.2 Å². The summed E-state index contributed by atoms with van der Waals surface area (Å²) < 4.78 is 13.1. The van der Waals surface area contributed by atoms with Gasteiger partial charge in [0.15, 0.2) is 12.4 Å². The lowest BCUT2D eigenvalue weighted by molar-refractivity contribution is -0.384. The van der Waals surface area contributed by atoms with E-state index in [1.54, 1.807) is 24.4 Å². The molecule has 1 N–H and O–H groups in total. The predicted octanol–water partition coefficient (Wildman–Crippen LogP) is 6.45. The number of nitrogens with one attached hydrogen (secondary N) is 1. The lowest BCUT2D eigenvalue weighted by Crippen LogP contribution is -2.14. The summed E-state index contributed by atoms with van der Waals surface area (Å²) in [7, 11) is 0. The Bertz CT molecular complexity index is 1450. The normalized spacial score (nSPS) is 10.7. The molecule has 0 radical (unpaired) electrons. The highest BCUT2D eigenvalue weighted by Crippen LogP contribution is 2.32. The molecule has 1 heterocycles. The number of aryl methyl sites for hydroxylation is 3. The van der Waals surface area contributed by atoms with Gasteiger partial charge in [-0.1, -0.05) is 23.7 Å². The van der Waals surface area contributed by atoms with Crippen molar-refractivity contribution in [3.63, 3.8) is 0 Å². The smallest absolute Gasteiger partial charge is 0.276 e. The van der Waals surface area contributed by atoms with Crippen LogP contribution in [0.15, 0.2) is 66.9 Å². The number of hydrogen-bond donors (Lipinski definition) is 1. The second-order valence-corrected chi connectivity index (χ2v) is 8.66. The van der Waals surface area contributed by atoms with Crippen LogP contribution in [0.5, 0.6) is 17.2 Å². The number of benzene rings is 3. The van der Waals surface area contributed by atoms with Gasteiger partial charge in [0, 0.05) is 23.4 Å². The standard InChI is InChI=1S/C26H23ClN4O5/c1-16-4-5-17(2)25(10-16)36-22-13-20(12-21(14-22)31(33)34)28-26(32)23-8-9-30(29-23)15-35-24-7-6-19(27)11-18(24)3/h4-14H,15H2,1-3H3,(H,28,32). The summed E-state index contributed by atoms with van der Waals surface area (Å²) in [6, 6.07) is 16.6. The van der Waals surface area contributed by atoms with E-state index in [2.05, 4.69) is 10.4 Å². The van der Waals surface area contributed by atoms with Crippen LogP contribution in [0.25, 0.3) is 0 Å². The number of ether oxygens (including phenoxy) is 2. The molecular weight excluding hydrogens is 484 g/mol. The molecule has 0 atom stereocenters. The van der Waals surface area contributed by atoms with Crippen molar-refractivity contribution in [1.82, 2.24) is 9.78 Å². The topological polar surface area (TPSA) is 109 Å². The summed E-state index contributed by atoms with van der Waals surface area (Å²) in [5.74, 6) is 0.913. The molecule has 3 aromatic carbocycles. The maximum Gasteiger partial charge on any atom is 0.276 e. The molecule has 184 valence electrons. The molecule has 0 aliphatic heterocycles. The van der Waals surface area contributed by atoms with Gasteiger partial charge in [-0.15, -0.1) is 0 Å². The van der Waals surface area contributed by atoms with Gasteiger partial charge in [0.2, 0.25) is 0 Å². The second kappa shape index (κ2) is 10.5. The van der Waals surface area contributed by atoms with Gasteiger partial charge in [-0.2, -0.15) is 5.10 Å². The van der Waals surface area contributed by atoms with E-state index >= 15 is 0 Å². The highest BCUT2D eigenvalue weighted by atomic mass is 35.5. The number of anilines is 1. The minimum Gasteiger partial charge on any atom is -0.471 e. The Morgan fingerprint density at radius 2 is 1.83 bits per heavy atom. The summed E-state index contributed by atoms with van der Waals surface area (Å²) in [6.07, 6.45) is 1.60. The molecule has 10 heteroatoms. The van der Waals surface area contributed by atoms with Crippen molar-refractivity contribution in [2.24, 2.45) is 0 Å². The van der Waals surface area contributed by atoms with E-state index in [1.165, 1.54) is 28.9 Å². The van der Waals surface area contributed by atoms with Crippen LogP contribution in [-0.2, 0) is 6.73 Å². The maximum absolute atomic E-state index is 12.8. The predicted molar refractivity (Wildman–Crippen MR) is 136 cm³/mol. The van der Waals surface area contributed by atoms with Crippen LogP contribution in [0.3, 0.4) is 0 Å². The molecule has 0 saturated heterocycles. The highest BCUT2D eigenvalue weighted by molar-refractivity contribution is 6.30. The quantitative estimate of drug-likeness (QED) is 0.217. The van der Waals surface area contributed by atoms with Crippen molar-refractivity contribution in [1.29, 1.82) is 0 Å². The van der Waals surface area contributed by atoms with Crippen LogP contribution >= 0.6 is 11.6 Å². The van der Waals surface area contributed by atoms with Gasteiger partial charge in [-0.05, 0) is 67.8 Å². The lowest BCUT2D eigenvalue weighted by Gasteiger charge is -2.11. The van der Waals surface area contributed by atoms with Crippen molar-refractivity contribution >= 4 is 28.9 Å². The Balaban J connectivity index is 1.48. The fraction of sp³-hybridized carbons (Fsp3) is 0.154. The average molecular weight is 507 g/mol. The number of amides is 1. The van der Waals surface area contributed by atoms with E-state index in [0.717, 1.165) is 16.7 Å². The van der Waals surface area contributed by atoms with E-state index in [0.29, 0.717) is 16.5 Å². The molecule has 0 aliphatic rings. The Morgan fingerprint density at radius 3 is 2.58 bits per heavy atom. The first-order valence-electron chi connectivity index (χ1n) is 11.0. The Hall–Kier alpha value is -4.37. The SMILES string of the molecule is Cc1ccc(C)c(Oc2cc(NC(=O)c3ccn(COc4ccc(Cl)cc4C)n3)cc([N+](=O)[O-])c2)c1. The third kappa shape index (κ3) is 6.00. The van der Waals surface area contributed by atoms with Crippen LogP contribution in [0.4, 0.5) is 11.4 Å². The molecule has 0 spiro atoms. The van der Waals surface area contributed by atoms with E-state index < -0.39 is 10.8 Å². The molecule has 0 unspecified atom stereocenters. The maximum atomic E-state index is 12.8. The van der Waals surface area contributed by atoms with E-state index in [1.807, 2.05) is 39.0 Å². The van der Waals surface area contributed by atoms with Crippen molar-refractivity contribution in [3.05, 3.63) is 104 Å². The summed E-state index contributed by atoms with van der Waals surface area (Å²) in [4.78, 5) is 23.7. The molecule has 4 aromatic rings. The molecule has 0 aliphatic carbocycles. The third-order valence-corrected chi connectivity index (χ3v) is 5.53. The van der Waals surface area contributed by atoms with E-state index in [9.17, 15) is 14.9 Å². The first-order valence-corrected chi connectivity index (χ1v) is 11.3. The number of carbonyl (C=O) groups excluding carboxylic acids is 1. The van der Waals surface area contributed by atoms with Gasteiger partial charge in [0.1, 0.15) is 17.2 Å². The molecule has 36 heavy (non-hydrogen) atoms. The van der Waals surface area contributed by atoms with Crippen LogP contribution in [-0.4, -0.2) is 20.6 Å². The minimum atomic E-state index is -0.545. The van der Waals surface area contributed by atoms with Gasteiger partial charge in [0.05, 0.1) is 16.7 Å². The van der Waals surface area contributed by atoms with Gasteiger partial charge in [-0.3, -0.25) is 14.9 Å². The van der Waals surface area contributed by atoms with Crippen LogP contribution in [0.1, 0.15) is 27.2 Å². The highest BCUT2D eigenvalue weighted by Gasteiger charge is 2.16. The molecule has 0 fully saturated rings. The zero-order valence-corrected chi connectivity index (χ0v) is 20.6. The number of rotatable bonds is 8. The molecule has 0 bridgehead atoms. The van der Waals surface area contributed by atoms with Gasteiger partial charge < -0.3 is 14.8 Å². The van der Waals surface area contributed by atoms with E-state index in [-0.39, 0.29) is 29.5 Å². The number of aromatic nitrogens is 2. The summed E-state index contributed by atoms with van der Waals surface area (Å²) in [5, 5.41) is 19.0. The summed E-state index contributed by atoms with van der Waals surface area (Å²) in [6.45, 7) is 5.76. The first kappa shape index (κ1) is 24.7. The number of hydrogen-bond acceptors (Lipinski definition) is 6.